The Bertz CT molecular complexity index is 542. The largest absolute Gasteiger partial charge is 0.316 e. The maximum Gasteiger partial charge on any atom is 0.316 e. The Balaban J connectivity index is 2.54. The minimum absolute atomic E-state index is 0.227. The molecule has 0 saturated carbocycles. The van der Waals surface area contributed by atoms with Crippen molar-refractivity contribution in [2.45, 2.75) is 38.1 Å². The monoisotopic (exact) mass is 262 g/mol. The van der Waals surface area contributed by atoms with Crippen molar-refractivity contribution in [2.24, 2.45) is 0 Å². The van der Waals surface area contributed by atoms with Gasteiger partial charge in [-0.05, 0) is 31.7 Å². The van der Waals surface area contributed by atoms with Crippen LogP contribution in [0.25, 0.3) is 0 Å². The molecule has 2 unspecified atom stereocenters. The van der Waals surface area contributed by atoms with Gasteiger partial charge in [-0.15, -0.1) is 11.3 Å². The smallest absolute Gasteiger partial charge is 0.263 e. The van der Waals surface area contributed by atoms with Gasteiger partial charge >= 0.3 is 5.54 Å². The molecule has 0 saturated heterocycles. The fraction of sp³-hybridized carbons (Fsp3) is 0.462. The molecule has 0 aliphatic heterocycles. The van der Waals surface area contributed by atoms with Gasteiger partial charge in [0.05, 0.1) is 12.3 Å². The van der Waals surface area contributed by atoms with Gasteiger partial charge in [0.15, 0.2) is 0 Å². The second kappa shape index (κ2) is 4.54. The quantitative estimate of drug-likeness (QED) is 0.465. The van der Waals surface area contributed by atoms with E-state index in [2.05, 4.69) is 0 Å². The maximum absolute atomic E-state index is 11.4. The van der Waals surface area contributed by atoms with E-state index < -0.39 is 10.5 Å². The highest BCUT2D eigenvalue weighted by atomic mass is 32.1. The van der Waals surface area contributed by atoms with Crippen LogP contribution in [-0.2, 0) is 0 Å². The average molecular weight is 262 g/mol. The lowest BCUT2D eigenvalue weighted by Gasteiger charge is -2.32. The van der Waals surface area contributed by atoms with E-state index in [0.717, 1.165) is 10.5 Å². The molecule has 2 atom stereocenters. The number of hydrogen-bond acceptors (Lipinski definition) is 4. The molecule has 4 nitrogen and oxygen atoms in total. The van der Waals surface area contributed by atoms with Crippen molar-refractivity contribution in [3.05, 3.63) is 43.7 Å². The predicted molar refractivity (Wildman–Crippen MR) is 70.0 cm³/mol. The molecule has 1 heterocycles. The lowest BCUT2D eigenvalue weighted by atomic mass is 9.71. The van der Waals surface area contributed by atoms with Crippen LogP contribution >= 0.6 is 11.3 Å². The first-order valence-corrected chi connectivity index (χ1v) is 6.63. The van der Waals surface area contributed by atoms with E-state index in [0.29, 0.717) is 6.42 Å². The zero-order valence-corrected chi connectivity index (χ0v) is 11.2. The van der Waals surface area contributed by atoms with Gasteiger partial charge < -0.3 is 0 Å². The lowest BCUT2D eigenvalue weighted by Crippen LogP contribution is -2.45. The number of hydrogen-bond donors (Lipinski definition) is 0. The van der Waals surface area contributed by atoms with Crippen LogP contribution in [0.2, 0.25) is 0 Å². The second-order valence-corrected chi connectivity index (χ2v) is 5.78. The van der Waals surface area contributed by atoms with Crippen molar-refractivity contribution < 1.29 is 4.92 Å². The molecule has 94 valence electrons. The minimum atomic E-state index is -1.51. The molecule has 1 aromatic heterocycles. The third-order valence-electron chi connectivity index (χ3n) is 3.76. The van der Waals surface area contributed by atoms with E-state index in [-0.39, 0.29) is 12.3 Å². The fourth-order valence-corrected chi connectivity index (χ4v) is 3.42. The normalized spacial score (nSPS) is 27.9. The van der Waals surface area contributed by atoms with Gasteiger partial charge in [-0.1, -0.05) is 17.2 Å². The summed E-state index contributed by atoms with van der Waals surface area (Å²) >= 11 is 1.49. The second-order valence-electron chi connectivity index (χ2n) is 4.80. The van der Waals surface area contributed by atoms with Crippen LogP contribution in [0.1, 0.15) is 37.5 Å². The molecule has 2 rings (SSSR count). The Hall–Kier alpha value is -1.67. The molecular formula is C13H14N2O2S. The number of nitrogens with zero attached hydrogens (tertiary/aromatic N) is 2. The highest BCUT2D eigenvalue weighted by Crippen LogP contribution is 2.46. The molecule has 0 bridgehead atoms. The van der Waals surface area contributed by atoms with Crippen molar-refractivity contribution >= 4 is 11.3 Å². The molecule has 1 aliphatic carbocycles. The third kappa shape index (κ3) is 1.83. The van der Waals surface area contributed by atoms with Gasteiger partial charge in [0.1, 0.15) is 6.07 Å². The Kier molecular flexibility index (Phi) is 3.22. The fourth-order valence-electron chi connectivity index (χ4n) is 2.50. The molecule has 1 aromatic rings. The summed E-state index contributed by atoms with van der Waals surface area (Å²) < 4.78 is 0. The minimum Gasteiger partial charge on any atom is -0.263 e. The molecule has 1 aliphatic rings. The lowest BCUT2D eigenvalue weighted by molar-refractivity contribution is -0.557. The van der Waals surface area contributed by atoms with Gasteiger partial charge in [-0.25, -0.2) is 0 Å². The van der Waals surface area contributed by atoms with E-state index in [1.165, 1.54) is 16.9 Å². The number of nitro groups is 1. The number of nitriles is 1. The Morgan fingerprint density at radius 2 is 2.28 bits per heavy atom. The van der Waals surface area contributed by atoms with Gasteiger partial charge in [0.25, 0.3) is 0 Å². The summed E-state index contributed by atoms with van der Waals surface area (Å²) in [7, 11) is 0. The van der Waals surface area contributed by atoms with Crippen LogP contribution in [0.3, 0.4) is 0 Å². The van der Waals surface area contributed by atoms with Gasteiger partial charge in [-0.2, -0.15) is 5.26 Å². The van der Waals surface area contributed by atoms with Crippen LogP contribution in [0, 0.1) is 21.4 Å². The molecule has 0 amide bonds. The molecule has 0 radical (unpaired) electrons. The molecule has 18 heavy (non-hydrogen) atoms. The topological polar surface area (TPSA) is 66.9 Å². The van der Waals surface area contributed by atoms with Crippen molar-refractivity contribution in [1.29, 1.82) is 5.26 Å². The molecule has 0 fully saturated rings. The van der Waals surface area contributed by atoms with Gasteiger partial charge in [0, 0.05) is 9.80 Å². The Labute approximate surface area is 110 Å². The third-order valence-corrected chi connectivity index (χ3v) is 4.74. The van der Waals surface area contributed by atoms with Crippen molar-refractivity contribution in [1.82, 2.24) is 0 Å². The molecule has 5 heteroatoms. The van der Waals surface area contributed by atoms with Crippen LogP contribution in [0.4, 0.5) is 0 Å². The predicted octanol–water partition coefficient (Wildman–Crippen LogP) is 3.50. The first kappa shape index (κ1) is 12.8. The molecule has 0 spiro atoms. The summed E-state index contributed by atoms with van der Waals surface area (Å²) in [6, 6.07) is 5.74. The number of allylic oxidation sites excluding steroid dienone is 1. The molecular weight excluding hydrogens is 248 g/mol. The van der Waals surface area contributed by atoms with Crippen LogP contribution in [0.15, 0.2) is 28.7 Å². The summed E-state index contributed by atoms with van der Waals surface area (Å²) in [6.07, 6.45) is 0.825. The number of thiophene rings is 1. The van der Waals surface area contributed by atoms with E-state index in [1.807, 2.05) is 37.4 Å². The molecule has 0 N–H and O–H groups in total. The van der Waals surface area contributed by atoms with E-state index in [4.69, 9.17) is 0 Å². The summed E-state index contributed by atoms with van der Waals surface area (Å²) in [6.45, 7) is 3.88. The van der Waals surface area contributed by atoms with E-state index in [1.54, 1.807) is 0 Å². The van der Waals surface area contributed by atoms with E-state index >= 15 is 0 Å². The first-order valence-electron chi connectivity index (χ1n) is 5.75. The summed E-state index contributed by atoms with van der Waals surface area (Å²) in [5, 5.41) is 22.7. The summed E-state index contributed by atoms with van der Waals surface area (Å²) in [5.74, 6) is -0.332. The molecule has 0 aromatic carbocycles. The maximum atomic E-state index is 11.4. The summed E-state index contributed by atoms with van der Waals surface area (Å²) in [5.41, 5.74) is 0.635. The van der Waals surface area contributed by atoms with Crippen LogP contribution < -0.4 is 0 Å². The number of rotatable bonds is 2. The summed E-state index contributed by atoms with van der Waals surface area (Å²) in [4.78, 5) is 12.0. The van der Waals surface area contributed by atoms with Crippen molar-refractivity contribution in [3.8, 4) is 6.07 Å². The SMILES string of the molecule is CC1=C(C)CC(C#N)([N+](=O)[O-])C(c2cccs2)C1. The Morgan fingerprint density at radius 3 is 2.78 bits per heavy atom. The zero-order chi connectivity index (χ0) is 13.3. The average Bonchev–Trinajstić information content (AvgIpc) is 2.85. The van der Waals surface area contributed by atoms with Crippen molar-refractivity contribution in [2.75, 3.05) is 0 Å². The Morgan fingerprint density at radius 1 is 1.56 bits per heavy atom. The van der Waals surface area contributed by atoms with E-state index in [9.17, 15) is 15.4 Å². The van der Waals surface area contributed by atoms with Crippen molar-refractivity contribution in [3.63, 3.8) is 0 Å². The van der Waals surface area contributed by atoms with Crippen LogP contribution in [0.5, 0.6) is 0 Å². The van der Waals surface area contributed by atoms with Gasteiger partial charge in [-0.3, -0.25) is 10.1 Å². The highest BCUT2D eigenvalue weighted by Gasteiger charge is 2.54. The zero-order valence-electron chi connectivity index (χ0n) is 10.3. The van der Waals surface area contributed by atoms with Crippen LogP contribution in [-0.4, -0.2) is 10.5 Å². The standard InChI is InChI=1S/C13H14N2O2S/c1-9-6-11(12-4-3-5-18-12)13(8-14,15(16)17)7-10(9)2/h3-5,11H,6-7H2,1-2H3. The highest BCUT2D eigenvalue weighted by molar-refractivity contribution is 7.10. The first-order chi connectivity index (χ1) is 8.51. The van der Waals surface area contributed by atoms with Gasteiger partial charge in [0.2, 0.25) is 0 Å².